The first kappa shape index (κ1) is 10.3. The molecule has 1 aliphatic carbocycles. The summed E-state index contributed by atoms with van der Waals surface area (Å²) in [4.78, 5) is 6.63. The summed E-state index contributed by atoms with van der Waals surface area (Å²) in [7, 11) is 2.12. The standard InChI is InChI=1S/C12H19N3/c1-15(10-6-3-2-4-7-10)12-9-5-8-11(13)14-12/h5,8-10H,2-4,6-7H2,1H3,(H2,13,14). The van der Waals surface area contributed by atoms with Gasteiger partial charge in [0.05, 0.1) is 0 Å². The average molecular weight is 205 g/mol. The van der Waals surface area contributed by atoms with Crippen molar-refractivity contribution in [2.24, 2.45) is 0 Å². The molecule has 0 aromatic carbocycles. The van der Waals surface area contributed by atoms with E-state index in [0.29, 0.717) is 11.9 Å². The highest BCUT2D eigenvalue weighted by Crippen LogP contribution is 2.25. The van der Waals surface area contributed by atoms with Gasteiger partial charge in [0.15, 0.2) is 0 Å². The van der Waals surface area contributed by atoms with Crippen LogP contribution in [-0.2, 0) is 0 Å². The summed E-state index contributed by atoms with van der Waals surface area (Å²) in [6.45, 7) is 0. The molecule has 0 saturated heterocycles. The van der Waals surface area contributed by atoms with Crippen LogP contribution in [0.1, 0.15) is 32.1 Å². The summed E-state index contributed by atoms with van der Waals surface area (Å²) in [5.74, 6) is 1.61. The van der Waals surface area contributed by atoms with Crippen molar-refractivity contribution in [2.45, 2.75) is 38.1 Å². The van der Waals surface area contributed by atoms with Crippen molar-refractivity contribution in [1.29, 1.82) is 0 Å². The number of pyridine rings is 1. The largest absolute Gasteiger partial charge is 0.384 e. The van der Waals surface area contributed by atoms with Crippen LogP contribution in [-0.4, -0.2) is 18.1 Å². The Hall–Kier alpha value is -1.25. The first-order valence-electron chi connectivity index (χ1n) is 5.73. The lowest BCUT2D eigenvalue weighted by Crippen LogP contribution is -2.33. The fourth-order valence-electron chi connectivity index (χ4n) is 2.29. The normalized spacial score (nSPS) is 17.7. The number of nitrogens with two attached hydrogens (primary N) is 1. The van der Waals surface area contributed by atoms with Crippen LogP contribution in [0, 0.1) is 0 Å². The lowest BCUT2D eigenvalue weighted by molar-refractivity contribution is 0.426. The van der Waals surface area contributed by atoms with Crippen molar-refractivity contribution in [2.75, 3.05) is 17.7 Å². The number of aromatic nitrogens is 1. The van der Waals surface area contributed by atoms with Gasteiger partial charge in [-0.25, -0.2) is 4.98 Å². The van der Waals surface area contributed by atoms with E-state index in [9.17, 15) is 0 Å². The monoisotopic (exact) mass is 205 g/mol. The fraction of sp³-hybridized carbons (Fsp3) is 0.583. The van der Waals surface area contributed by atoms with Crippen molar-refractivity contribution >= 4 is 11.6 Å². The van der Waals surface area contributed by atoms with Crippen LogP contribution in [0.15, 0.2) is 18.2 Å². The van der Waals surface area contributed by atoms with Crippen molar-refractivity contribution in [3.8, 4) is 0 Å². The highest BCUT2D eigenvalue weighted by atomic mass is 15.2. The van der Waals surface area contributed by atoms with Gasteiger partial charge in [-0.2, -0.15) is 0 Å². The summed E-state index contributed by atoms with van der Waals surface area (Å²) in [6.07, 6.45) is 6.64. The Kier molecular flexibility index (Phi) is 3.09. The molecular formula is C12H19N3. The Balaban J connectivity index is 2.08. The predicted molar refractivity (Wildman–Crippen MR) is 63.9 cm³/mol. The van der Waals surface area contributed by atoms with E-state index in [2.05, 4.69) is 16.9 Å². The van der Waals surface area contributed by atoms with E-state index in [1.807, 2.05) is 18.2 Å². The van der Waals surface area contributed by atoms with Crippen molar-refractivity contribution in [3.63, 3.8) is 0 Å². The highest BCUT2D eigenvalue weighted by molar-refractivity contribution is 5.44. The molecule has 1 aliphatic rings. The molecule has 0 aliphatic heterocycles. The van der Waals surface area contributed by atoms with Gasteiger partial charge < -0.3 is 10.6 Å². The van der Waals surface area contributed by atoms with E-state index in [0.717, 1.165) is 5.82 Å². The molecular weight excluding hydrogens is 186 g/mol. The summed E-state index contributed by atoms with van der Waals surface area (Å²) in [5, 5.41) is 0. The average Bonchev–Trinajstić information content (AvgIpc) is 2.29. The third kappa shape index (κ3) is 2.41. The van der Waals surface area contributed by atoms with Crippen LogP contribution in [0.5, 0.6) is 0 Å². The van der Waals surface area contributed by atoms with E-state index >= 15 is 0 Å². The van der Waals surface area contributed by atoms with Gasteiger partial charge in [-0.05, 0) is 25.0 Å². The molecule has 0 atom stereocenters. The minimum Gasteiger partial charge on any atom is -0.384 e. The summed E-state index contributed by atoms with van der Waals surface area (Å²) in [6, 6.07) is 6.48. The van der Waals surface area contributed by atoms with Gasteiger partial charge in [-0.1, -0.05) is 25.3 Å². The lowest BCUT2D eigenvalue weighted by Gasteiger charge is -2.32. The SMILES string of the molecule is CN(c1cccc(N)n1)C1CCCCC1. The predicted octanol–water partition coefficient (Wildman–Crippen LogP) is 2.43. The van der Waals surface area contributed by atoms with Crippen LogP contribution < -0.4 is 10.6 Å². The molecule has 3 nitrogen and oxygen atoms in total. The van der Waals surface area contributed by atoms with Crippen LogP contribution in [0.4, 0.5) is 11.6 Å². The zero-order valence-electron chi connectivity index (χ0n) is 9.32. The van der Waals surface area contributed by atoms with E-state index in [4.69, 9.17) is 5.73 Å². The quantitative estimate of drug-likeness (QED) is 0.806. The molecule has 0 spiro atoms. The van der Waals surface area contributed by atoms with Crippen molar-refractivity contribution in [3.05, 3.63) is 18.2 Å². The second-order valence-electron chi connectivity index (χ2n) is 4.32. The molecule has 15 heavy (non-hydrogen) atoms. The Morgan fingerprint density at radius 3 is 2.67 bits per heavy atom. The molecule has 3 heteroatoms. The first-order chi connectivity index (χ1) is 7.27. The minimum atomic E-state index is 0.607. The van der Waals surface area contributed by atoms with Gasteiger partial charge in [-0.3, -0.25) is 0 Å². The van der Waals surface area contributed by atoms with Crippen LogP contribution in [0.3, 0.4) is 0 Å². The second-order valence-corrected chi connectivity index (χ2v) is 4.32. The molecule has 0 radical (unpaired) electrons. The second kappa shape index (κ2) is 4.51. The molecule has 0 unspecified atom stereocenters. The highest BCUT2D eigenvalue weighted by Gasteiger charge is 2.18. The number of hydrogen-bond acceptors (Lipinski definition) is 3. The maximum Gasteiger partial charge on any atom is 0.130 e. The molecule has 82 valence electrons. The number of nitrogen functional groups attached to an aromatic ring is 1. The Morgan fingerprint density at radius 1 is 1.27 bits per heavy atom. The molecule has 1 aromatic rings. The van der Waals surface area contributed by atoms with Gasteiger partial charge in [0.2, 0.25) is 0 Å². The van der Waals surface area contributed by atoms with E-state index in [-0.39, 0.29) is 0 Å². The van der Waals surface area contributed by atoms with Gasteiger partial charge in [0.25, 0.3) is 0 Å². The third-order valence-electron chi connectivity index (χ3n) is 3.24. The number of anilines is 2. The van der Waals surface area contributed by atoms with Crippen LogP contribution >= 0.6 is 0 Å². The minimum absolute atomic E-state index is 0.607. The summed E-state index contributed by atoms with van der Waals surface area (Å²) >= 11 is 0. The molecule has 2 rings (SSSR count). The molecule has 1 aromatic heterocycles. The van der Waals surface area contributed by atoms with Crippen LogP contribution in [0.2, 0.25) is 0 Å². The maximum atomic E-state index is 5.69. The first-order valence-corrected chi connectivity index (χ1v) is 5.73. The van der Waals surface area contributed by atoms with E-state index in [1.54, 1.807) is 0 Å². The molecule has 1 fully saturated rings. The number of nitrogens with zero attached hydrogens (tertiary/aromatic N) is 2. The van der Waals surface area contributed by atoms with Crippen molar-refractivity contribution in [1.82, 2.24) is 4.98 Å². The van der Waals surface area contributed by atoms with Crippen molar-refractivity contribution < 1.29 is 0 Å². The Labute approximate surface area is 91.3 Å². The molecule has 0 bridgehead atoms. The van der Waals surface area contributed by atoms with Gasteiger partial charge in [0.1, 0.15) is 11.6 Å². The Bertz CT molecular complexity index is 318. The van der Waals surface area contributed by atoms with E-state index < -0.39 is 0 Å². The van der Waals surface area contributed by atoms with E-state index in [1.165, 1.54) is 32.1 Å². The lowest BCUT2D eigenvalue weighted by atomic mass is 9.94. The topological polar surface area (TPSA) is 42.1 Å². The van der Waals surface area contributed by atoms with Gasteiger partial charge in [0, 0.05) is 13.1 Å². The van der Waals surface area contributed by atoms with Crippen LogP contribution in [0.25, 0.3) is 0 Å². The zero-order chi connectivity index (χ0) is 10.7. The van der Waals surface area contributed by atoms with Gasteiger partial charge >= 0.3 is 0 Å². The number of rotatable bonds is 2. The summed E-state index contributed by atoms with van der Waals surface area (Å²) in [5.41, 5.74) is 5.69. The maximum absolute atomic E-state index is 5.69. The summed E-state index contributed by atoms with van der Waals surface area (Å²) < 4.78 is 0. The molecule has 0 amide bonds. The molecule has 1 heterocycles. The molecule has 1 saturated carbocycles. The molecule has 2 N–H and O–H groups in total. The Morgan fingerprint density at radius 2 is 2.00 bits per heavy atom. The number of hydrogen-bond donors (Lipinski definition) is 1. The van der Waals surface area contributed by atoms with Gasteiger partial charge in [-0.15, -0.1) is 0 Å². The smallest absolute Gasteiger partial charge is 0.130 e. The zero-order valence-corrected chi connectivity index (χ0v) is 9.32. The fourth-order valence-corrected chi connectivity index (χ4v) is 2.29. The third-order valence-corrected chi connectivity index (χ3v) is 3.24.